The number of nitrogens with one attached hydrogen (secondary N) is 1. The van der Waals surface area contributed by atoms with Crippen LogP contribution in [0.1, 0.15) is 16.1 Å². The number of ether oxygens (including phenoxy) is 1. The van der Waals surface area contributed by atoms with Crippen LogP contribution in [0.2, 0.25) is 0 Å². The average molecular weight is 358 g/mol. The van der Waals surface area contributed by atoms with E-state index in [1.54, 1.807) is 24.7 Å². The molecule has 0 fully saturated rings. The first-order valence-electron chi connectivity index (χ1n) is 8.55. The Labute approximate surface area is 156 Å². The molecule has 0 radical (unpaired) electrons. The number of aromatic nitrogens is 3. The predicted octanol–water partition coefficient (Wildman–Crippen LogP) is 3.80. The molecular formula is C21H18N4O2. The number of hydrogen-bond acceptors (Lipinski definition) is 4. The number of nitrogens with zero attached hydrogens (tertiary/aromatic N) is 3. The summed E-state index contributed by atoms with van der Waals surface area (Å²) in [5.74, 6) is 0.381. The molecule has 4 aromatic rings. The van der Waals surface area contributed by atoms with Gasteiger partial charge in [-0.05, 0) is 42.5 Å². The second-order valence-corrected chi connectivity index (χ2v) is 6.12. The Morgan fingerprint density at radius 1 is 1.07 bits per heavy atom. The van der Waals surface area contributed by atoms with E-state index in [4.69, 9.17) is 4.74 Å². The number of amides is 1. The van der Waals surface area contributed by atoms with Gasteiger partial charge in [0.2, 0.25) is 0 Å². The van der Waals surface area contributed by atoms with Gasteiger partial charge in [-0.25, -0.2) is 4.98 Å². The fraction of sp³-hybridized carbons (Fsp3) is 0.0952. The van der Waals surface area contributed by atoms with E-state index in [9.17, 15) is 4.79 Å². The number of carbonyl (C=O) groups is 1. The van der Waals surface area contributed by atoms with Gasteiger partial charge in [-0.1, -0.05) is 18.2 Å². The van der Waals surface area contributed by atoms with E-state index in [0.29, 0.717) is 23.6 Å². The fourth-order valence-corrected chi connectivity index (χ4v) is 2.80. The Balaban J connectivity index is 1.52. The molecule has 4 rings (SSSR count). The van der Waals surface area contributed by atoms with Crippen molar-refractivity contribution in [2.24, 2.45) is 7.05 Å². The van der Waals surface area contributed by atoms with Crippen molar-refractivity contribution in [2.75, 3.05) is 5.32 Å². The molecule has 6 nitrogen and oxygen atoms in total. The molecule has 0 bridgehead atoms. The van der Waals surface area contributed by atoms with E-state index in [1.807, 2.05) is 60.1 Å². The van der Waals surface area contributed by atoms with E-state index in [2.05, 4.69) is 15.3 Å². The topological polar surface area (TPSA) is 69.0 Å². The summed E-state index contributed by atoms with van der Waals surface area (Å²) in [5.41, 5.74) is 3.73. The van der Waals surface area contributed by atoms with Crippen molar-refractivity contribution >= 4 is 22.6 Å². The highest BCUT2D eigenvalue weighted by Gasteiger charge is 2.12. The smallest absolute Gasteiger partial charge is 0.255 e. The molecule has 0 aliphatic heterocycles. The van der Waals surface area contributed by atoms with E-state index >= 15 is 0 Å². The Morgan fingerprint density at radius 2 is 1.93 bits per heavy atom. The second kappa shape index (κ2) is 7.29. The summed E-state index contributed by atoms with van der Waals surface area (Å²) in [6.45, 7) is 0.327. The molecule has 1 amide bonds. The van der Waals surface area contributed by atoms with Gasteiger partial charge in [-0.2, -0.15) is 0 Å². The Morgan fingerprint density at radius 3 is 2.78 bits per heavy atom. The monoisotopic (exact) mass is 358 g/mol. The molecule has 6 heteroatoms. The van der Waals surface area contributed by atoms with Crippen molar-refractivity contribution < 1.29 is 9.53 Å². The van der Waals surface area contributed by atoms with Crippen LogP contribution in [0.4, 0.5) is 5.69 Å². The lowest BCUT2D eigenvalue weighted by Crippen LogP contribution is -2.13. The van der Waals surface area contributed by atoms with Crippen molar-refractivity contribution in [2.45, 2.75) is 6.61 Å². The summed E-state index contributed by atoms with van der Waals surface area (Å²) < 4.78 is 7.76. The molecule has 0 unspecified atom stereocenters. The number of aryl methyl sites for hydroxylation is 1. The average Bonchev–Trinajstić information content (AvgIpc) is 3.08. The quantitative estimate of drug-likeness (QED) is 0.589. The van der Waals surface area contributed by atoms with E-state index in [1.165, 1.54) is 0 Å². The van der Waals surface area contributed by atoms with Crippen LogP contribution in [0.5, 0.6) is 5.75 Å². The number of carbonyl (C=O) groups excluding carboxylic acids is 1. The summed E-state index contributed by atoms with van der Waals surface area (Å²) in [6.07, 6.45) is 3.45. The van der Waals surface area contributed by atoms with Gasteiger partial charge in [0.15, 0.2) is 0 Å². The zero-order valence-corrected chi connectivity index (χ0v) is 14.8. The molecule has 0 aliphatic carbocycles. The van der Waals surface area contributed by atoms with Crippen molar-refractivity contribution in [3.8, 4) is 5.75 Å². The van der Waals surface area contributed by atoms with Gasteiger partial charge in [0.05, 0.1) is 28.7 Å². The first-order chi connectivity index (χ1) is 13.2. The van der Waals surface area contributed by atoms with E-state index in [-0.39, 0.29) is 5.91 Å². The summed E-state index contributed by atoms with van der Waals surface area (Å²) in [5, 5.41) is 2.92. The van der Waals surface area contributed by atoms with Crippen LogP contribution in [-0.2, 0) is 13.7 Å². The van der Waals surface area contributed by atoms with Crippen LogP contribution in [0.3, 0.4) is 0 Å². The lowest BCUT2D eigenvalue weighted by Gasteiger charge is -2.12. The molecule has 2 aromatic heterocycles. The number of fused-ring (bicyclic) bond motifs is 1. The summed E-state index contributed by atoms with van der Waals surface area (Å²) in [7, 11) is 1.92. The van der Waals surface area contributed by atoms with E-state index in [0.717, 1.165) is 16.7 Å². The maximum atomic E-state index is 12.7. The van der Waals surface area contributed by atoms with Gasteiger partial charge in [0.25, 0.3) is 5.91 Å². The molecule has 0 saturated carbocycles. The van der Waals surface area contributed by atoms with Crippen LogP contribution in [0.15, 0.2) is 73.2 Å². The number of anilines is 1. The third-order valence-corrected chi connectivity index (χ3v) is 4.22. The predicted molar refractivity (Wildman–Crippen MR) is 104 cm³/mol. The van der Waals surface area contributed by atoms with Gasteiger partial charge >= 0.3 is 0 Å². The maximum absolute atomic E-state index is 12.7. The molecule has 27 heavy (non-hydrogen) atoms. The maximum Gasteiger partial charge on any atom is 0.255 e. The van der Waals surface area contributed by atoms with Crippen molar-refractivity contribution in [1.29, 1.82) is 0 Å². The Bertz CT molecular complexity index is 1090. The van der Waals surface area contributed by atoms with Crippen LogP contribution < -0.4 is 10.1 Å². The minimum atomic E-state index is -0.212. The summed E-state index contributed by atoms with van der Waals surface area (Å²) in [4.78, 5) is 21.2. The van der Waals surface area contributed by atoms with Crippen LogP contribution in [-0.4, -0.2) is 20.4 Å². The number of rotatable bonds is 5. The zero-order chi connectivity index (χ0) is 18.6. The molecule has 0 aliphatic rings. The molecule has 0 saturated heterocycles. The highest BCUT2D eigenvalue weighted by atomic mass is 16.5. The van der Waals surface area contributed by atoms with Crippen LogP contribution in [0.25, 0.3) is 11.0 Å². The van der Waals surface area contributed by atoms with Crippen LogP contribution >= 0.6 is 0 Å². The lowest BCUT2D eigenvalue weighted by molar-refractivity contribution is 0.102. The van der Waals surface area contributed by atoms with Gasteiger partial charge in [0.1, 0.15) is 12.4 Å². The number of pyridine rings is 1. The van der Waals surface area contributed by atoms with Gasteiger partial charge in [-0.3, -0.25) is 9.78 Å². The Kier molecular flexibility index (Phi) is 4.53. The van der Waals surface area contributed by atoms with Crippen molar-refractivity contribution in [1.82, 2.24) is 14.5 Å². The number of benzene rings is 2. The molecular weight excluding hydrogens is 340 g/mol. The molecule has 0 spiro atoms. The molecule has 0 atom stereocenters. The second-order valence-electron chi connectivity index (χ2n) is 6.12. The fourth-order valence-electron chi connectivity index (χ4n) is 2.80. The zero-order valence-electron chi connectivity index (χ0n) is 14.8. The largest absolute Gasteiger partial charge is 0.485 e. The van der Waals surface area contributed by atoms with Gasteiger partial charge in [0, 0.05) is 18.8 Å². The van der Waals surface area contributed by atoms with Gasteiger partial charge < -0.3 is 14.6 Å². The first kappa shape index (κ1) is 16.8. The lowest BCUT2D eigenvalue weighted by atomic mass is 10.1. The van der Waals surface area contributed by atoms with Crippen molar-refractivity contribution in [3.05, 3.63) is 84.4 Å². The molecule has 2 aromatic carbocycles. The molecule has 1 N–H and O–H groups in total. The summed E-state index contributed by atoms with van der Waals surface area (Å²) in [6, 6.07) is 18.5. The molecule has 2 heterocycles. The highest BCUT2D eigenvalue weighted by molar-refractivity contribution is 6.06. The number of imidazole rings is 1. The highest BCUT2D eigenvalue weighted by Crippen LogP contribution is 2.25. The third-order valence-electron chi connectivity index (χ3n) is 4.22. The number of hydrogen-bond donors (Lipinski definition) is 1. The number of para-hydroxylation sites is 2. The normalized spacial score (nSPS) is 10.7. The minimum Gasteiger partial charge on any atom is -0.485 e. The molecule has 134 valence electrons. The van der Waals surface area contributed by atoms with E-state index < -0.39 is 0 Å². The van der Waals surface area contributed by atoms with Crippen molar-refractivity contribution in [3.63, 3.8) is 0 Å². The SMILES string of the molecule is Cn1cnc2cc(C(=O)Nc3ccccc3OCc3ccccn3)ccc21. The first-order valence-corrected chi connectivity index (χ1v) is 8.55. The minimum absolute atomic E-state index is 0.212. The van der Waals surface area contributed by atoms with Gasteiger partial charge in [-0.15, -0.1) is 0 Å². The third kappa shape index (κ3) is 3.64. The standard InChI is InChI=1S/C21H18N4O2/c1-25-14-23-18-12-15(9-10-19(18)25)21(26)24-17-7-2-3-8-20(17)27-13-16-6-4-5-11-22-16/h2-12,14H,13H2,1H3,(H,24,26). The Hall–Kier alpha value is -3.67. The van der Waals surface area contributed by atoms with Crippen LogP contribution in [0, 0.1) is 0 Å². The summed E-state index contributed by atoms with van der Waals surface area (Å²) >= 11 is 0.